The summed E-state index contributed by atoms with van der Waals surface area (Å²) in [5.41, 5.74) is 0.729. The topological polar surface area (TPSA) is 76.3 Å². The van der Waals surface area contributed by atoms with Crippen molar-refractivity contribution in [1.29, 1.82) is 0 Å². The number of rotatable bonds is 3. The van der Waals surface area contributed by atoms with Crippen LogP contribution in [0.3, 0.4) is 0 Å². The summed E-state index contributed by atoms with van der Waals surface area (Å²) in [6.07, 6.45) is 1.02. The molecule has 2 rings (SSSR count). The monoisotopic (exact) mass is 250 g/mol. The van der Waals surface area contributed by atoms with E-state index in [2.05, 4.69) is 4.98 Å². The molecular formula is C11H10N2O3S. The van der Waals surface area contributed by atoms with Crippen molar-refractivity contribution in [1.82, 2.24) is 4.98 Å². The highest BCUT2D eigenvalue weighted by atomic mass is 32.1. The van der Waals surface area contributed by atoms with E-state index in [0.29, 0.717) is 10.6 Å². The lowest BCUT2D eigenvalue weighted by atomic mass is 10.2. The minimum absolute atomic E-state index is 0.0382. The maximum atomic E-state index is 10.6. The summed E-state index contributed by atoms with van der Waals surface area (Å²) in [7, 11) is 0. The van der Waals surface area contributed by atoms with E-state index in [1.807, 2.05) is 0 Å². The van der Waals surface area contributed by atoms with Crippen molar-refractivity contribution in [3.8, 4) is 10.6 Å². The van der Waals surface area contributed by atoms with E-state index in [-0.39, 0.29) is 5.69 Å². The first-order valence-electron chi connectivity index (χ1n) is 4.96. The number of hydrogen-bond acceptors (Lipinski definition) is 5. The molecule has 1 aromatic carbocycles. The van der Waals surface area contributed by atoms with Crippen LogP contribution in [-0.2, 0) is 0 Å². The number of non-ortho nitro benzene ring substituents is 1. The molecule has 0 aliphatic rings. The van der Waals surface area contributed by atoms with Gasteiger partial charge in [0.05, 0.1) is 15.9 Å². The molecule has 0 amide bonds. The third-order valence-corrected chi connectivity index (χ3v) is 3.46. The molecule has 1 N–H and O–H groups in total. The number of nitro groups is 1. The zero-order chi connectivity index (χ0) is 12.4. The summed E-state index contributed by atoms with van der Waals surface area (Å²) in [5, 5.41) is 20.7. The van der Waals surface area contributed by atoms with Gasteiger partial charge in [0, 0.05) is 23.9 Å². The van der Waals surface area contributed by atoms with Gasteiger partial charge in [-0.1, -0.05) is 12.1 Å². The van der Waals surface area contributed by atoms with Crippen LogP contribution in [0.4, 0.5) is 5.69 Å². The highest BCUT2D eigenvalue weighted by Crippen LogP contribution is 2.30. The SMILES string of the molecule is CC(O)c1cnc(-c2cccc([N+](=O)[O-])c2)s1. The largest absolute Gasteiger partial charge is 0.388 e. The van der Waals surface area contributed by atoms with Crippen LogP contribution in [0.5, 0.6) is 0 Å². The lowest BCUT2D eigenvalue weighted by Crippen LogP contribution is -1.87. The van der Waals surface area contributed by atoms with Gasteiger partial charge in [-0.2, -0.15) is 0 Å². The average molecular weight is 250 g/mol. The molecular weight excluding hydrogens is 240 g/mol. The molecule has 0 bridgehead atoms. The van der Waals surface area contributed by atoms with E-state index in [1.54, 1.807) is 25.3 Å². The maximum Gasteiger partial charge on any atom is 0.270 e. The maximum absolute atomic E-state index is 10.6. The van der Waals surface area contributed by atoms with Gasteiger partial charge in [-0.05, 0) is 6.92 Å². The molecule has 0 saturated heterocycles. The predicted molar refractivity (Wildman–Crippen MR) is 64.8 cm³/mol. The highest BCUT2D eigenvalue weighted by molar-refractivity contribution is 7.15. The molecule has 0 radical (unpaired) electrons. The molecule has 0 aliphatic carbocycles. The molecule has 0 spiro atoms. The standard InChI is InChI=1S/C11H10N2O3S/c1-7(14)10-6-12-11(17-10)8-3-2-4-9(5-8)13(15)16/h2-7,14H,1H3. The summed E-state index contributed by atoms with van der Waals surface area (Å²) >= 11 is 1.33. The summed E-state index contributed by atoms with van der Waals surface area (Å²) in [4.78, 5) is 15.1. The van der Waals surface area contributed by atoms with E-state index in [1.165, 1.54) is 23.5 Å². The number of aliphatic hydroxyl groups excluding tert-OH is 1. The number of hydrogen-bond donors (Lipinski definition) is 1. The molecule has 2 aromatic rings. The molecule has 0 aliphatic heterocycles. The Bertz CT molecular complexity index is 551. The third kappa shape index (κ3) is 2.48. The molecule has 0 fully saturated rings. The van der Waals surface area contributed by atoms with Gasteiger partial charge in [0.15, 0.2) is 0 Å². The van der Waals surface area contributed by atoms with Crippen LogP contribution >= 0.6 is 11.3 Å². The number of aliphatic hydroxyl groups is 1. The Morgan fingerprint density at radius 2 is 2.29 bits per heavy atom. The van der Waals surface area contributed by atoms with Crippen molar-refractivity contribution in [2.45, 2.75) is 13.0 Å². The molecule has 1 unspecified atom stereocenters. The Morgan fingerprint density at radius 1 is 1.53 bits per heavy atom. The molecule has 1 heterocycles. The molecule has 1 aromatic heterocycles. The number of nitrogens with zero attached hydrogens (tertiary/aromatic N) is 2. The number of thiazole rings is 1. The average Bonchev–Trinajstić information content (AvgIpc) is 2.78. The molecule has 88 valence electrons. The second-order valence-electron chi connectivity index (χ2n) is 3.55. The normalized spacial score (nSPS) is 12.4. The van der Waals surface area contributed by atoms with Crippen LogP contribution in [-0.4, -0.2) is 15.0 Å². The molecule has 6 heteroatoms. The molecule has 17 heavy (non-hydrogen) atoms. The minimum Gasteiger partial charge on any atom is -0.388 e. The van der Waals surface area contributed by atoms with E-state index in [9.17, 15) is 15.2 Å². The Kier molecular flexibility index (Phi) is 3.16. The van der Waals surface area contributed by atoms with Crippen molar-refractivity contribution in [3.05, 3.63) is 45.5 Å². The smallest absolute Gasteiger partial charge is 0.270 e. The van der Waals surface area contributed by atoms with E-state index in [0.717, 1.165) is 4.88 Å². The van der Waals surface area contributed by atoms with Crippen LogP contribution in [0.2, 0.25) is 0 Å². The zero-order valence-corrected chi connectivity index (χ0v) is 9.85. The Morgan fingerprint density at radius 3 is 2.88 bits per heavy atom. The van der Waals surface area contributed by atoms with E-state index < -0.39 is 11.0 Å². The second-order valence-corrected chi connectivity index (χ2v) is 4.61. The summed E-state index contributed by atoms with van der Waals surface area (Å²) in [5.74, 6) is 0. The van der Waals surface area contributed by atoms with Crippen LogP contribution in [0.1, 0.15) is 17.9 Å². The van der Waals surface area contributed by atoms with Crippen molar-refractivity contribution in [3.63, 3.8) is 0 Å². The van der Waals surface area contributed by atoms with Crippen molar-refractivity contribution < 1.29 is 10.0 Å². The summed E-state index contributed by atoms with van der Waals surface area (Å²) in [6, 6.07) is 6.30. The lowest BCUT2D eigenvalue weighted by Gasteiger charge is -1.97. The van der Waals surface area contributed by atoms with Crippen molar-refractivity contribution in [2.75, 3.05) is 0 Å². The fourth-order valence-corrected chi connectivity index (χ4v) is 2.22. The second kappa shape index (κ2) is 4.60. The van der Waals surface area contributed by atoms with Crippen LogP contribution < -0.4 is 0 Å². The van der Waals surface area contributed by atoms with Crippen molar-refractivity contribution in [2.24, 2.45) is 0 Å². The fraction of sp³-hybridized carbons (Fsp3) is 0.182. The first kappa shape index (κ1) is 11.7. The Balaban J connectivity index is 2.38. The van der Waals surface area contributed by atoms with Crippen LogP contribution in [0, 0.1) is 10.1 Å². The van der Waals surface area contributed by atoms with Gasteiger partial charge in [0.1, 0.15) is 5.01 Å². The number of aromatic nitrogens is 1. The van der Waals surface area contributed by atoms with Gasteiger partial charge < -0.3 is 5.11 Å². The predicted octanol–water partition coefficient (Wildman–Crippen LogP) is 2.77. The third-order valence-electron chi connectivity index (χ3n) is 2.24. The highest BCUT2D eigenvalue weighted by Gasteiger charge is 2.11. The van der Waals surface area contributed by atoms with Crippen LogP contribution in [0.15, 0.2) is 30.5 Å². The number of nitro benzene ring substituents is 1. The van der Waals surface area contributed by atoms with Gasteiger partial charge in [0.2, 0.25) is 0 Å². The fourth-order valence-electron chi connectivity index (χ4n) is 1.37. The van der Waals surface area contributed by atoms with E-state index in [4.69, 9.17) is 0 Å². The number of benzene rings is 1. The first-order valence-corrected chi connectivity index (χ1v) is 5.78. The summed E-state index contributed by atoms with van der Waals surface area (Å²) < 4.78 is 0. The van der Waals surface area contributed by atoms with Crippen molar-refractivity contribution >= 4 is 17.0 Å². The molecule has 1 atom stereocenters. The first-order chi connectivity index (χ1) is 8.08. The zero-order valence-electron chi connectivity index (χ0n) is 9.03. The molecule has 0 saturated carbocycles. The van der Waals surface area contributed by atoms with Gasteiger partial charge in [-0.3, -0.25) is 10.1 Å². The quantitative estimate of drug-likeness (QED) is 0.671. The summed E-state index contributed by atoms with van der Waals surface area (Å²) in [6.45, 7) is 1.66. The molecule has 5 nitrogen and oxygen atoms in total. The van der Waals surface area contributed by atoms with E-state index >= 15 is 0 Å². The Labute approximate surface area is 102 Å². The van der Waals surface area contributed by atoms with Gasteiger partial charge in [-0.25, -0.2) is 4.98 Å². The Hall–Kier alpha value is -1.79. The van der Waals surface area contributed by atoms with Crippen LogP contribution in [0.25, 0.3) is 10.6 Å². The van der Waals surface area contributed by atoms with Gasteiger partial charge >= 0.3 is 0 Å². The lowest BCUT2D eigenvalue weighted by molar-refractivity contribution is -0.384. The van der Waals surface area contributed by atoms with Gasteiger partial charge in [-0.15, -0.1) is 11.3 Å². The van der Waals surface area contributed by atoms with Gasteiger partial charge in [0.25, 0.3) is 5.69 Å². The minimum atomic E-state index is -0.569.